The van der Waals surface area contributed by atoms with Gasteiger partial charge in [0.05, 0.1) is 29.6 Å². The quantitative estimate of drug-likeness (QED) is 0.346. The molecule has 1 amide bonds. The first-order chi connectivity index (χ1) is 17.1. The van der Waals surface area contributed by atoms with Crippen LogP contribution in [0, 0.1) is 18.7 Å². The highest BCUT2D eigenvalue weighted by Crippen LogP contribution is 2.45. The van der Waals surface area contributed by atoms with Crippen LogP contribution >= 0.6 is 23.2 Å². The molecule has 0 aliphatic carbocycles. The van der Waals surface area contributed by atoms with Crippen LogP contribution in [0.25, 0.3) is 0 Å². The predicted octanol–water partition coefficient (Wildman–Crippen LogP) is 7.18. The molecule has 0 aromatic heterocycles. The minimum atomic E-state index is -0.751. The molecule has 0 radical (unpaired) electrons. The number of rotatable bonds is 6. The smallest absolute Gasteiger partial charge is 0.275 e. The fourth-order valence-electron chi connectivity index (χ4n) is 4.44. The maximum Gasteiger partial charge on any atom is 0.275 e. The SMILES string of the molecule is COc1ccccc1N=C(C1=C(N)C(=O)N(c2cccc(Cl)c2F)C1c1ccc(Cl)cc1C)C(C)C. The summed E-state index contributed by atoms with van der Waals surface area (Å²) in [6.45, 7) is 5.82. The van der Waals surface area contributed by atoms with Crippen LogP contribution in [0.1, 0.15) is 31.0 Å². The number of para-hydroxylation sites is 2. The van der Waals surface area contributed by atoms with Crippen LogP contribution in [0.5, 0.6) is 5.75 Å². The van der Waals surface area contributed by atoms with Crippen molar-refractivity contribution in [1.82, 2.24) is 0 Å². The van der Waals surface area contributed by atoms with Gasteiger partial charge in [0, 0.05) is 10.6 Å². The summed E-state index contributed by atoms with van der Waals surface area (Å²) in [7, 11) is 1.57. The molecule has 1 unspecified atom stereocenters. The third-order valence-corrected chi connectivity index (χ3v) is 6.66. The molecule has 0 bridgehead atoms. The lowest BCUT2D eigenvalue weighted by Crippen LogP contribution is -2.33. The zero-order chi connectivity index (χ0) is 26.1. The van der Waals surface area contributed by atoms with Crippen molar-refractivity contribution < 1.29 is 13.9 Å². The molecular weight excluding hydrogens is 500 g/mol. The number of ether oxygens (including phenoxy) is 1. The Morgan fingerprint density at radius 3 is 2.50 bits per heavy atom. The van der Waals surface area contributed by atoms with Gasteiger partial charge in [-0.25, -0.2) is 9.38 Å². The number of halogens is 3. The van der Waals surface area contributed by atoms with Gasteiger partial charge in [0.25, 0.3) is 5.91 Å². The topological polar surface area (TPSA) is 67.9 Å². The monoisotopic (exact) mass is 525 g/mol. The number of carbonyl (C=O) groups is 1. The molecule has 2 N–H and O–H groups in total. The number of methoxy groups -OCH3 is 1. The van der Waals surface area contributed by atoms with E-state index in [1.54, 1.807) is 25.3 Å². The lowest BCUT2D eigenvalue weighted by atomic mass is 9.88. The summed E-state index contributed by atoms with van der Waals surface area (Å²) >= 11 is 12.3. The Morgan fingerprint density at radius 1 is 1.11 bits per heavy atom. The predicted molar refractivity (Wildman–Crippen MR) is 144 cm³/mol. The van der Waals surface area contributed by atoms with Gasteiger partial charge in [-0.15, -0.1) is 0 Å². The van der Waals surface area contributed by atoms with Gasteiger partial charge in [-0.1, -0.05) is 61.3 Å². The van der Waals surface area contributed by atoms with Crippen molar-refractivity contribution in [2.75, 3.05) is 12.0 Å². The second-order valence-electron chi connectivity index (χ2n) is 8.80. The molecule has 5 nitrogen and oxygen atoms in total. The average Bonchev–Trinajstić information content (AvgIpc) is 3.09. The van der Waals surface area contributed by atoms with Crippen LogP contribution in [0.2, 0.25) is 10.0 Å². The Morgan fingerprint density at radius 2 is 1.83 bits per heavy atom. The van der Waals surface area contributed by atoms with Gasteiger partial charge in [-0.05, 0) is 60.4 Å². The fraction of sp³-hybridized carbons (Fsp3) is 0.214. The minimum absolute atomic E-state index is 0.00364. The standard InChI is InChI=1S/C28H26Cl2FN3O2/c1-15(2)26(33-20-9-5-6-11-22(20)36-4)23-25(32)28(35)34(21-10-7-8-19(30)24(21)31)27(23)18-13-12-17(29)14-16(18)3/h5-15,27H,32H2,1-4H3. The van der Waals surface area contributed by atoms with Crippen molar-refractivity contribution in [2.45, 2.75) is 26.8 Å². The summed E-state index contributed by atoms with van der Waals surface area (Å²) in [5.41, 5.74) is 9.79. The van der Waals surface area contributed by atoms with Crippen molar-refractivity contribution in [1.29, 1.82) is 0 Å². The van der Waals surface area contributed by atoms with E-state index >= 15 is 4.39 Å². The molecule has 1 heterocycles. The number of aliphatic imine (C=N–C) groups is 1. The van der Waals surface area contributed by atoms with Crippen molar-refractivity contribution >= 4 is 46.2 Å². The van der Waals surface area contributed by atoms with E-state index in [-0.39, 0.29) is 22.3 Å². The molecule has 8 heteroatoms. The normalized spacial score (nSPS) is 16.3. The maximum atomic E-state index is 15.3. The van der Waals surface area contributed by atoms with Crippen molar-refractivity contribution in [3.8, 4) is 5.75 Å². The number of aryl methyl sites for hydroxylation is 1. The van der Waals surface area contributed by atoms with Gasteiger partial charge in [0.2, 0.25) is 0 Å². The van der Waals surface area contributed by atoms with Crippen LogP contribution in [-0.4, -0.2) is 18.7 Å². The van der Waals surface area contributed by atoms with Crippen LogP contribution in [0.15, 0.2) is 76.9 Å². The van der Waals surface area contributed by atoms with E-state index in [9.17, 15) is 4.79 Å². The first-order valence-corrected chi connectivity index (χ1v) is 12.2. The molecule has 4 rings (SSSR count). The van der Waals surface area contributed by atoms with Crippen molar-refractivity contribution in [2.24, 2.45) is 16.6 Å². The zero-order valence-electron chi connectivity index (χ0n) is 20.4. The van der Waals surface area contributed by atoms with Crippen molar-refractivity contribution in [3.63, 3.8) is 0 Å². The maximum absolute atomic E-state index is 15.3. The summed E-state index contributed by atoms with van der Waals surface area (Å²) in [5.74, 6) is -0.781. The molecule has 3 aromatic rings. The molecular formula is C28H26Cl2FN3O2. The number of hydrogen-bond acceptors (Lipinski definition) is 4. The van der Waals surface area contributed by atoms with E-state index in [0.717, 1.165) is 11.1 Å². The second kappa shape index (κ2) is 10.3. The van der Waals surface area contributed by atoms with E-state index in [1.807, 2.05) is 51.1 Å². The number of hydrogen-bond donors (Lipinski definition) is 1. The summed E-state index contributed by atoms with van der Waals surface area (Å²) < 4.78 is 20.8. The molecule has 186 valence electrons. The highest BCUT2D eigenvalue weighted by molar-refractivity contribution is 6.31. The molecule has 3 aromatic carbocycles. The van der Waals surface area contributed by atoms with Crippen LogP contribution in [0.3, 0.4) is 0 Å². The molecule has 0 saturated heterocycles. The van der Waals surface area contributed by atoms with Gasteiger partial charge in [0.1, 0.15) is 17.1 Å². The van der Waals surface area contributed by atoms with Crippen LogP contribution in [-0.2, 0) is 4.79 Å². The molecule has 1 atom stereocenters. The van der Waals surface area contributed by atoms with Crippen LogP contribution in [0.4, 0.5) is 15.8 Å². The Kier molecular flexibility index (Phi) is 7.38. The van der Waals surface area contributed by atoms with E-state index in [1.165, 1.54) is 17.0 Å². The molecule has 0 spiro atoms. The zero-order valence-corrected chi connectivity index (χ0v) is 21.9. The second-order valence-corrected chi connectivity index (χ2v) is 9.65. The van der Waals surface area contributed by atoms with E-state index in [2.05, 4.69) is 0 Å². The highest BCUT2D eigenvalue weighted by Gasteiger charge is 2.44. The number of nitrogens with zero attached hydrogens (tertiary/aromatic N) is 2. The molecule has 0 fully saturated rings. The van der Waals surface area contributed by atoms with Gasteiger partial charge in [0.15, 0.2) is 5.82 Å². The Bertz CT molecular complexity index is 1400. The lowest BCUT2D eigenvalue weighted by Gasteiger charge is -2.30. The Hall–Kier alpha value is -3.35. The molecule has 1 aliphatic rings. The van der Waals surface area contributed by atoms with Gasteiger partial charge in [-0.2, -0.15) is 0 Å². The van der Waals surface area contributed by atoms with Crippen LogP contribution < -0.4 is 15.4 Å². The van der Waals surface area contributed by atoms with Gasteiger partial charge >= 0.3 is 0 Å². The summed E-state index contributed by atoms with van der Waals surface area (Å²) in [6, 6.07) is 16.5. The largest absolute Gasteiger partial charge is 0.494 e. The third-order valence-electron chi connectivity index (χ3n) is 6.14. The lowest BCUT2D eigenvalue weighted by molar-refractivity contribution is -0.114. The summed E-state index contributed by atoms with van der Waals surface area (Å²) in [5, 5.41) is 0.456. The summed E-state index contributed by atoms with van der Waals surface area (Å²) in [6.07, 6.45) is 0. The number of benzene rings is 3. The molecule has 1 aliphatic heterocycles. The first kappa shape index (κ1) is 25.7. The first-order valence-electron chi connectivity index (χ1n) is 11.4. The van der Waals surface area contributed by atoms with E-state index in [0.29, 0.717) is 27.7 Å². The molecule has 0 saturated carbocycles. The number of anilines is 1. The number of nitrogens with two attached hydrogens (primary N) is 1. The fourth-order valence-corrected chi connectivity index (χ4v) is 4.83. The van der Waals surface area contributed by atoms with Gasteiger partial charge in [-0.3, -0.25) is 9.69 Å². The van der Waals surface area contributed by atoms with Gasteiger partial charge < -0.3 is 10.5 Å². The third kappa shape index (κ3) is 4.59. The number of carbonyl (C=O) groups excluding carboxylic acids is 1. The number of amides is 1. The Balaban J connectivity index is 2.01. The van der Waals surface area contributed by atoms with Crippen molar-refractivity contribution in [3.05, 3.63) is 98.9 Å². The average molecular weight is 526 g/mol. The molecule has 36 heavy (non-hydrogen) atoms. The minimum Gasteiger partial charge on any atom is -0.494 e. The van der Waals surface area contributed by atoms with E-state index in [4.69, 9.17) is 38.7 Å². The summed E-state index contributed by atoms with van der Waals surface area (Å²) in [4.78, 5) is 19.9. The van der Waals surface area contributed by atoms with E-state index < -0.39 is 17.8 Å². The highest BCUT2D eigenvalue weighted by atomic mass is 35.5. The Labute approximate surface area is 220 Å².